The van der Waals surface area contributed by atoms with Gasteiger partial charge in [-0.1, -0.05) is 38.1 Å². The summed E-state index contributed by atoms with van der Waals surface area (Å²) < 4.78 is 0. The van der Waals surface area contributed by atoms with E-state index in [1.165, 1.54) is 10.5 Å². The van der Waals surface area contributed by atoms with Crippen LogP contribution in [0.15, 0.2) is 24.3 Å². The molecule has 0 fully saturated rings. The van der Waals surface area contributed by atoms with Crippen LogP contribution in [0.25, 0.3) is 0 Å². The van der Waals surface area contributed by atoms with E-state index < -0.39 is 5.91 Å². The average Bonchev–Trinajstić information content (AvgIpc) is 2.28. The Morgan fingerprint density at radius 2 is 1.94 bits per heavy atom. The van der Waals surface area contributed by atoms with Crippen molar-refractivity contribution in [1.29, 1.82) is 5.26 Å². The van der Waals surface area contributed by atoms with E-state index in [9.17, 15) is 4.79 Å². The van der Waals surface area contributed by atoms with Gasteiger partial charge in [-0.2, -0.15) is 5.26 Å². The molecule has 0 bridgehead atoms. The van der Waals surface area contributed by atoms with Gasteiger partial charge in [0, 0.05) is 13.6 Å². The number of rotatable bonds is 3. The van der Waals surface area contributed by atoms with Gasteiger partial charge in [-0.15, -0.1) is 0 Å². The molecule has 0 heterocycles. The van der Waals surface area contributed by atoms with Crippen LogP contribution in [0.2, 0.25) is 0 Å². The molecule has 1 aromatic rings. The lowest BCUT2D eigenvalue weighted by atomic mass is 10.0. The van der Waals surface area contributed by atoms with Crippen molar-refractivity contribution >= 4 is 5.91 Å². The van der Waals surface area contributed by atoms with Crippen molar-refractivity contribution in [3.63, 3.8) is 0 Å². The fourth-order valence-corrected chi connectivity index (χ4v) is 1.44. The van der Waals surface area contributed by atoms with Crippen LogP contribution in [0, 0.1) is 11.3 Å². The van der Waals surface area contributed by atoms with Crippen LogP contribution < -0.4 is 0 Å². The number of hydrogen-bond donors (Lipinski definition) is 0. The molecule has 1 aromatic carbocycles. The topological polar surface area (TPSA) is 44.1 Å². The van der Waals surface area contributed by atoms with Crippen molar-refractivity contribution in [2.45, 2.75) is 26.3 Å². The van der Waals surface area contributed by atoms with E-state index in [0.29, 0.717) is 12.5 Å². The lowest BCUT2D eigenvalue weighted by molar-refractivity contribution is -0.124. The fraction of sp³-hybridized carbons (Fsp3) is 0.385. The van der Waals surface area contributed by atoms with E-state index in [4.69, 9.17) is 5.26 Å². The summed E-state index contributed by atoms with van der Waals surface area (Å²) in [7, 11) is 1.63. The van der Waals surface area contributed by atoms with Gasteiger partial charge >= 0.3 is 5.91 Å². The zero-order valence-corrected chi connectivity index (χ0v) is 9.90. The molecule has 0 radical (unpaired) electrons. The predicted molar refractivity (Wildman–Crippen MR) is 62.6 cm³/mol. The molecule has 0 aromatic heterocycles. The van der Waals surface area contributed by atoms with Crippen LogP contribution in [-0.4, -0.2) is 17.9 Å². The molecule has 1 rings (SSSR count). The Hall–Kier alpha value is -1.82. The van der Waals surface area contributed by atoms with Crippen LogP contribution in [-0.2, 0) is 11.3 Å². The minimum Gasteiger partial charge on any atom is -0.329 e. The first-order valence-electron chi connectivity index (χ1n) is 5.28. The summed E-state index contributed by atoms with van der Waals surface area (Å²) in [6, 6.07) is 9.72. The number of carbonyl (C=O) groups is 1. The normalized spacial score (nSPS) is 9.94. The van der Waals surface area contributed by atoms with Gasteiger partial charge in [0.25, 0.3) is 0 Å². The minimum absolute atomic E-state index is 0.477. The first-order chi connectivity index (χ1) is 7.54. The molecule has 3 nitrogen and oxygen atoms in total. The van der Waals surface area contributed by atoms with Gasteiger partial charge < -0.3 is 4.90 Å². The third-order valence-electron chi connectivity index (χ3n) is 2.51. The highest BCUT2D eigenvalue weighted by molar-refractivity contribution is 5.90. The highest BCUT2D eigenvalue weighted by Crippen LogP contribution is 2.15. The zero-order chi connectivity index (χ0) is 12.1. The first-order valence-corrected chi connectivity index (χ1v) is 5.28. The van der Waals surface area contributed by atoms with Gasteiger partial charge in [-0.25, -0.2) is 0 Å². The largest absolute Gasteiger partial charge is 0.329 e. The fourth-order valence-electron chi connectivity index (χ4n) is 1.44. The van der Waals surface area contributed by atoms with Crippen LogP contribution in [0.1, 0.15) is 30.9 Å². The Morgan fingerprint density at radius 1 is 1.38 bits per heavy atom. The smallest absolute Gasteiger partial charge is 0.325 e. The van der Waals surface area contributed by atoms with E-state index in [1.807, 2.05) is 12.1 Å². The summed E-state index contributed by atoms with van der Waals surface area (Å²) in [4.78, 5) is 12.5. The Labute approximate surface area is 96.3 Å². The molecule has 0 unspecified atom stereocenters. The van der Waals surface area contributed by atoms with E-state index in [-0.39, 0.29) is 0 Å². The van der Waals surface area contributed by atoms with Crippen LogP contribution in [0.4, 0.5) is 0 Å². The van der Waals surface area contributed by atoms with E-state index >= 15 is 0 Å². The Morgan fingerprint density at radius 3 is 2.38 bits per heavy atom. The molecule has 0 saturated carbocycles. The van der Waals surface area contributed by atoms with E-state index in [0.717, 1.165) is 5.56 Å². The highest BCUT2D eigenvalue weighted by atomic mass is 16.2. The number of benzene rings is 1. The van der Waals surface area contributed by atoms with E-state index in [1.54, 1.807) is 13.1 Å². The summed E-state index contributed by atoms with van der Waals surface area (Å²) in [6.45, 7) is 4.76. The number of hydrogen-bond acceptors (Lipinski definition) is 2. The quantitative estimate of drug-likeness (QED) is 0.728. The molecule has 16 heavy (non-hydrogen) atoms. The SMILES string of the molecule is CC(C)c1ccc(CN(C)C(=O)C#N)cc1. The molecule has 0 atom stereocenters. The third-order valence-corrected chi connectivity index (χ3v) is 2.51. The molecule has 0 spiro atoms. The predicted octanol–water partition coefficient (Wildman–Crippen LogP) is 2.29. The molecule has 84 valence electrons. The number of nitrogens with zero attached hydrogens (tertiary/aromatic N) is 2. The number of amides is 1. The maximum absolute atomic E-state index is 11.1. The second-order valence-electron chi connectivity index (χ2n) is 4.17. The van der Waals surface area contributed by atoms with Gasteiger partial charge in [-0.3, -0.25) is 4.79 Å². The van der Waals surface area contributed by atoms with Crippen molar-refractivity contribution in [3.8, 4) is 6.07 Å². The Bertz CT molecular complexity index is 401. The van der Waals surface area contributed by atoms with Gasteiger partial charge in [-0.05, 0) is 17.0 Å². The molecule has 3 heteroatoms. The lowest BCUT2D eigenvalue weighted by Crippen LogP contribution is -2.24. The van der Waals surface area contributed by atoms with Crippen LogP contribution in [0.5, 0.6) is 0 Å². The van der Waals surface area contributed by atoms with Crippen molar-refractivity contribution in [2.75, 3.05) is 7.05 Å². The van der Waals surface area contributed by atoms with Gasteiger partial charge in [0.15, 0.2) is 6.07 Å². The average molecular weight is 216 g/mol. The first kappa shape index (κ1) is 12.3. The third kappa shape index (κ3) is 3.09. The van der Waals surface area contributed by atoms with Crippen molar-refractivity contribution in [2.24, 2.45) is 0 Å². The van der Waals surface area contributed by atoms with Crippen molar-refractivity contribution in [1.82, 2.24) is 4.90 Å². The lowest BCUT2D eigenvalue weighted by Gasteiger charge is -2.13. The minimum atomic E-state index is -0.507. The molecule has 0 aliphatic carbocycles. The number of nitriles is 1. The molecular formula is C13H16N2O. The van der Waals surface area contributed by atoms with Gasteiger partial charge in [0.2, 0.25) is 0 Å². The van der Waals surface area contributed by atoms with Crippen molar-refractivity contribution in [3.05, 3.63) is 35.4 Å². The highest BCUT2D eigenvalue weighted by Gasteiger charge is 2.07. The standard InChI is InChI=1S/C13H16N2O/c1-10(2)12-6-4-11(5-7-12)9-15(3)13(16)8-14/h4-7,10H,9H2,1-3H3. The summed E-state index contributed by atoms with van der Waals surface area (Å²) in [6.07, 6.45) is 0. The van der Waals surface area contributed by atoms with Gasteiger partial charge in [0.05, 0.1) is 0 Å². The van der Waals surface area contributed by atoms with Crippen LogP contribution in [0.3, 0.4) is 0 Å². The van der Waals surface area contributed by atoms with E-state index in [2.05, 4.69) is 26.0 Å². The molecule has 0 aliphatic rings. The molecule has 0 N–H and O–H groups in total. The van der Waals surface area contributed by atoms with Crippen molar-refractivity contribution < 1.29 is 4.79 Å². The monoisotopic (exact) mass is 216 g/mol. The Kier molecular flexibility index (Phi) is 4.07. The summed E-state index contributed by atoms with van der Waals surface area (Å²) in [5.74, 6) is 0.000422. The summed E-state index contributed by atoms with van der Waals surface area (Å²) in [5.41, 5.74) is 2.31. The summed E-state index contributed by atoms with van der Waals surface area (Å²) in [5, 5.41) is 8.46. The molecule has 1 amide bonds. The Balaban J connectivity index is 2.69. The number of carbonyl (C=O) groups excluding carboxylic acids is 1. The second-order valence-corrected chi connectivity index (χ2v) is 4.17. The maximum atomic E-state index is 11.1. The zero-order valence-electron chi connectivity index (χ0n) is 9.90. The molecule has 0 aliphatic heterocycles. The summed E-state index contributed by atoms with van der Waals surface area (Å²) >= 11 is 0. The van der Waals surface area contributed by atoms with Gasteiger partial charge in [0.1, 0.15) is 0 Å². The van der Waals surface area contributed by atoms with Crippen LogP contribution >= 0.6 is 0 Å². The maximum Gasteiger partial charge on any atom is 0.325 e. The second kappa shape index (κ2) is 5.32. The molecular weight excluding hydrogens is 200 g/mol. The molecule has 0 saturated heterocycles.